The van der Waals surface area contributed by atoms with E-state index in [1.807, 2.05) is 13.1 Å². The van der Waals surface area contributed by atoms with Crippen molar-refractivity contribution in [1.82, 2.24) is 10.2 Å². The SMILES string of the molecule is CN1CCN(c2ccc(CNC3CC3)c(Cl)c2)CC1=O. The smallest absolute Gasteiger partial charge is 0.241 e. The van der Waals surface area contributed by atoms with Gasteiger partial charge in [-0.1, -0.05) is 17.7 Å². The molecular formula is C15H20ClN3O. The Labute approximate surface area is 124 Å². The van der Waals surface area contributed by atoms with Gasteiger partial charge in [0, 0.05) is 43.4 Å². The highest BCUT2D eigenvalue weighted by Gasteiger charge is 2.22. The van der Waals surface area contributed by atoms with Crippen LogP contribution in [0, 0.1) is 0 Å². The first-order valence-corrected chi connectivity index (χ1v) is 7.52. The van der Waals surface area contributed by atoms with Crippen LogP contribution in [-0.2, 0) is 11.3 Å². The summed E-state index contributed by atoms with van der Waals surface area (Å²) in [6.45, 7) is 2.89. The summed E-state index contributed by atoms with van der Waals surface area (Å²) >= 11 is 6.36. The van der Waals surface area contributed by atoms with Crippen molar-refractivity contribution < 1.29 is 4.79 Å². The monoisotopic (exact) mass is 293 g/mol. The third-order valence-corrected chi connectivity index (χ3v) is 4.37. The van der Waals surface area contributed by atoms with Gasteiger partial charge in [-0.25, -0.2) is 0 Å². The molecule has 1 amide bonds. The molecule has 4 nitrogen and oxygen atoms in total. The number of nitrogens with one attached hydrogen (secondary N) is 1. The van der Waals surface area contributed by atoms with Gasteiger partial charge in [0.25, 0.3) is 0 Å². The van der Waals surface area contributed by atoms with E-state index in [4.69, 9.17) is 11.6 Å². The van der Waals surface area contributed by atoms with Crippen LogP contribution in [0.1, 0.15) is 18.4 Å². The molecule has 2 aliphatic rings. The average Bonchev–Trinajstić information content (AvgIpc) is 3.24. The second kappa shape index (κ2) is 5.62. The summed E-state index contributed by atoms with van der Waals surface area (Å²) in [5.41, 5.74) is 2.16. The number of benzene rings is 1. The van der Waals surface area contributed by atoms with Crippen LogP contribution >= 0.6 is 11.6 Å². The molecular weight excluding hydrogens is 274 g/mol. The van der Waals surface area contributed by atoms with Crippen LogP contribution in [0.4, 0.5) is 5.69 Å². The molecule has 2 fully saturated rings. The number of halogens is 1. The summed E-state index contributed by atoms with van der Waals surface area (Å²) in [5.74, 6) is 0.159. The van der Waals surface area contributed by atoms with Crippen molar-refractivity contribution in [2.24, 2.45) is 0 Å². The van der Waals surface area contributed by atoms with Crippen LogP contribution in [0.2, 0.25) is 5.02 Å². The molecule has 0 unspecified atom stereocenters. The molecule has 0 aromatic heterocycles. The van der Waals surface area contributed by atoms with E-state index in [1.54, 1.807) is 4.90 Å². The highest BCUT2D eigenvalue weighted by Crippen LogP contribution is 2.26. The van der Waals surface area contributed by atoms with Crippen molar-refractivity contribution >= 4 is 23.2 Å². The highest BCUT2D eigenvalue weighted by molar-refractivity contribution is 6.31. The van der Waals surface area contributed by atoms with E-state index < -0.39 is 0 Å². The van der Waals surface area contributed by atoms with E-state index in [1.165, 1.54) is 12.8 Å². The van der Waals surface area contributed by atoms with Crippen molar-refractivity contribution in [2.75, 3.05) is 31.6 Å². The fourth-order valence-corrected chi connectivity index (χ4v) is 2.64. The van der Waals surface area contributed by atoms with Crippen LogP contribution in [0.3, 0.4) is 0 Å². The Morgan fingerprint density at radius 1 is 1.35 bits per heavy atom. The molecule has 0 atom stereocenters. The largest absolute Gasteiger partial charge is 0.360 e. The lowest BCUT2D eigenvalue weighted by atomic mass is 10.1. The van der Waals surface area contributed by atoms with Crippen LogP contribution in [-0.4, -0.2) is 43.5 Å². The summed E-state index contributed by atoms with van der Waals surface area (Å²) in [4.78, 5) is 15.6. The molecule has 0 bridgehead atoms. The van der Waals surface area contributed by atoms with Crippen molar-refractivity contribution in [3.63, 3.8) is 0 Å². The summed E-state index contributed by atoms with van der Waals surface area (Å²) in [6.07, 6.45) is 2.55. The fourth-order valence-electron chi connectivity index (χ4n) is 2.40. The van der Waals surface area contributed by atoms with Gasteiger partial charge in [-0.2, -0.15) is 0 Å². The predicted molar refractivity (Wildman–Crippen MR) is 81.2 cm³/mol. The Balaban J connectivity index is 1.67. The second-order valence-corrected chi connectivity index (χ2v) is 6.07. The van der Waals surface area contributed by atoms with E-state index in [9.17, 15) is 4.79 Å². The van der Waals surface area contributed by atoms with E-state index in [0.29, 0.717) is 12.6 Å². The number of piperazine rings is 1. The molecule has 20 heavy (non-hydrogen) atoms. The molecule has 1 saturated carbocycles. The maximum absolute atomic E-state index is 11.8. The molecule has 1 N–H and O–H groups in total. The van der Waals surface area contributed by atoms with E-state index in [0.717, 1.165) is 35.9 Å². The van der Waals surface area contributed by atoms with Crippen LogP contribution in [0.25, 0.3) is 0 Å². The van der Waals surface area contributed by atoms with Gasteiger partial charge in [0.2, 0.25) is 5.91 Å². The Bertz CT molecular complexity index is 516. The standard InChI is InChI=1S/C15H20ClN3O/c1-18-6-7-19(10-15(18)20)13-5-2-11(14(16)8-13)9-17-12-3-4-12/h2,5,8,12,17H,3-4,6-7,9-10H2,1H3. The number of hydrogen-bond acceptors (Lipinski definition) is 3. The molecule has 1 saturated heterocycles. The maximum Gasteiger partial charge on any atom is 0.241 e. The minimum absolute atomic E-state index is 0.159. The normalized spacial score (nSPS) is 19.6. The predicted octanol–water partition coefficient (Wildman–Crippen LogP) is 1.87. The Kier molecular flexibility index (Phi) is 3.85. The molecule has 1 aliphatic carbocycles. The fraction of sp³-hybridized carbons (Fsp3) is 0.533. The third-order valence-electron chi connectivity index (χ3n) is 4.02. The zero-order valence-corrected chi connectivity index (χ0v) is 12.5. The number of rotatable bonds is 4. The first-order valence-electron chi connectivity index (χ1n) is 7.14. The minimum atomic E-state index is 0.159. The maximum atomic E-state index is 11.8. The number of carbonyl (C=O) groups excluding carboxylic acids is 1. The summed E-state index contributed by atoms with van der Waals surface area (Å²) < 4.78 is 0. The van der Waals surface area contributed by atoms with Gasteiger partial charge >= 0.3 is 0 Å². The molecule has 1 aromatic rings. The van der Waals surface area contributed by atoms with E-state index in [-0.39, 0.29) is 5.91 Å². The third kappa shape index (κ3) is 3.07. The lowest BCUT2D eigenvalue weighted by Crippen LogP contribution is -2.48. The Morgan fingerprint density at radius 3 is 2.80 bits per heavy atom. The number of anilines is 1. The number of carbonyl (C=O) groups is 1. The average molecular weight is 294 g/mol. The zero-order chi connectivity index (χ0) is 14.1. The van der Waals surface area contributed by atoms with Gasteiger partial charge in [-0.05, 0) is 30.5 Å². The van der Waals surface area contributed by atoms with Gasteiger partial charge in [0.15, 0.2) is 0 Å². The Hall–Kier alpha value is -1.26. The molecule has 1 aromatic carbocycles. The molecule has 3 rings (SSSR count). The van der Waals surface area contributed by atoms with Crippen LogP contribution in [0.5, 0.6) is 0 Å². The summed E-state index contributed by atoms with van der Waals surface area (Å²) in [7, 11) is 1.85. The summed E-state index contributed by atoms with van der Waals surface area (Å²) in [6, 6.07) is 6.79. The van der Waals surface area contributed by atoms with Crippen molar-refractivity contribution in [3.8, 4) is 0 Å². The minimum Gasteiger partial charge on any atom is -0.360 e. The van der Waals surface area contributed by atoms with Crippen LogP contribution < -0.4 is 10.2 Å². The van der Waals surface area contributed by atoms with Gasteiger partial charge < -0.3 is 15.1 Å². The van der Waals surface area contributed by atoms with Crippen LogP contribution in [0.15, 0.2) is 18.2 Å². The molecule has 5 heteroatoms. The van der Waals surface area contributed by atoms with Crippen molar-refractivity contribution in [2.45, 2.75) is 25.4 Å². The quantitative estimate of drug-likeness (QED) is 0.920. The first-order chi connectivity index (χ1) is 9.63. The lowest BCUT2D eigenvalue weighted by Gasteiger charge is -2.33. The van der Waals surface area contributed by atoms with Gasteiger partial charge in [-0.15, -0.1) is 0 Å². The van der Waals surface area contributed by atoms with E-state index >= 15 is 0 Å². The van der Waals surface area contributed by atoms with Gasteiger partial charge in [-0.3, -0.25) is 4.79 Å². The topological polar surface area (TPSA) is 35.6 Å². The molecule has 108 valence electrons. The second-order valence-electron chi connectivity index (χ2n) is 5.67. The number of hydrogen-bond donors (Lipinski definition) is 1. The Morgan fingerprint density at radius 2 is 2.15 bits per heavy atom. The molecule has 1 heterocycles. The molecule has 0 radical (unpaired) electrons. The molecule has 1 aliphatic heterocycles. The van der Waals surface area contributed by atoms with Crippen molar-refractivity contribution in [3.05, 3.63) is 28.8 Å². The highest BCUT2D eigenvalue weighted by atomic mass is 35.5. The zero-order valence-electron chi connectivity index (χ0n) is 11.7. The van der Waals surface area contributed by atoms with Crippen molar-refractivity contribution in [1.29, 1.82) is 0 Å². The summed E-state index contributed by atoms with van der Waals surface area (Å²) in [5, 5.41) is 4.25. The number of nitrogens with zero attached hydrogens (tertiary/aromatic N) is 2. The number of amides is 1. The van der Waals surface area contributed by atoms with E-state index in [2.05, 4.69) is 22.3 Å². The lowest BCUT2D eigenvalue weighted by molar-refractivity contribution is -0.129. The van der Waals surface area contributed by atoms with Gasteiger partial charge in [0.1, 0.15) is 0 Å². The number of likely N-dealkylation sites (N-methyl/N-ethyl adjacent to an activating group) is 1. The molecule has 0 spiro atoms. The van der Waals surface area contributed by atoms with Gasteiger partial charge in [0.05, 0.1) is 6.54 Å². The first kappa shape index (κ1) is 13.7.